The molecule has 16 rings (SSSR count). The molecular formula is C86H133FN18O26S2. The van der Waals surface area contributed by atoms with E-state index in [-0.39, 0.29) is 177 Å². The lowest BCUT2D eigenvalue weighted by Crippen LogP contribution is -2.59. The zero-order valence-electron chi connectivity index (χ0n) is 78.2. The fraction of sp³-hybridized carbons (Fsp3) is 0.721. The lowest BCUT2D eigenvalue weighted by Gasteiger charge is -2.45. The van der Waals surface area contributed by atoms with Crippen LogP contribution in [0.5, 0.6) is 0 Å². The summed E-state index contributed by atoms with van der Waals surface area (Å²) in [6.45, 7) is 27.7. The van der Waals surface area contributed by atoms with Crippen molar-refractivity contribution in [2.75, 3.05) is 75.0 Å². The second kappa shape index (κ2) is 45.6. The molecule has 1 aliphatic carbocycles. The number of anilines is 3. The Hall–Kier alpha value is -8.57. The number of Topliss-reactive ketones (excluding diaryl/α,β-unsaturated/α-hetero) is 4. The summed E-state index contributed by atoms with van der Waals surface area (Å²) in [6, 6.07) is -0.230. The molecule has 17 N–H and O–H groups in total. The van der Waals surface area contributed by atoms with Gasteiger partial charge in [-0.05, 0) is 59.4 Å². The number of rotatable bonds is 13. The Morgan fingerprint density at radius 2 is 0.992 bits per heavy atom. The van der Waals surface area contributed by atoms with Crippen LogP contribution in [0.15, 0.2) is 46.5 Å². The van der Waals surface area contributed by atoms with Crippen LogP contribution in [0.25, 0.3) is 11.2 Å². The van der Waals surface area contributed by atoms with Crippen molar-refractivity contribution in [3.05, 3.63) is 69.5 Å². The summed E-state index contributed by atoms with van der Waals surface area (Å²) in [4.78, 5) is 159. The molecule has 11 aliphatic heterocycles. The van der Waals surface area contributed by atoms with Crippen LogP contribution >= 0.6 is 23.5 Å². The Bertz CT molecular complexity index is 4850. The van der Waals surface area contributed by atoms with Crippen LogP contribution in [0.4, 0.5) is 21.8 Å². The van der Waals surface area contributed by atoms with Crippen LogP contribution in [-0.4, -0.2) is 326 Å². The van der Waals surface area contributed by atoms with Crippen molar-refractivity contribution in [1.82, 2.24) is 63.5 Å². The number of aliphatic hydroxyl groups excluding tert-OH is 8. The lowest BCUT2D eigenvalue weighted by atomic mass is 9.75. The van der Waals surface area contributed by atoms with E-state index < -0.39 is 112 Å². The second-order valence-corrected chi connectivity index (χ2v) is 39.4. The summed E-state index contributed by atoms with van der Waals surface area (Å²) < 4.78 is 54.9. The van der Waals surface area contributed by atoms with Gasteiger partial charge in [-0.3, -0.25) is 52.3 Å². The normalized spacial score (nSPS) is 32.9. The fourth-order valence-electron chi connectivity index (χ4n) is 16.9. The van der Waals surface area contributed by atoms with E-state index >= 15 is 0 Å². The van der Waals surface area contributed by atoms with Crippen molar-refractivity contribution in [1.29, 1.82) is 0 Å². The SMILES string of the molecule is CC(=O)NC1CC(N2C(=O)CC(=O)C(C)(C)C2C)OC1CO.CC1COC(O)C1.CC1N(C2CC(N)C(CO)O2)C(=O)CC(=O)C1(C)C.CC1N(C2CC(N)C(CO)O2)C(=O)CC(=O)C1(C)C.CC1N(C2CCC(CO)O2)C(=O)CC(=O)C1(C)C.Cc1nc(N(C)C)c2ncn(C3C=CC(O)C3)c2n1.Nc1ccn(C2CSC(O)O2)c(=O)n1.Nc1nc(=O)n(C2CSC(O)O2)cc1F. The number of aliphatic hydroxyl groups is 8. The number of hydrogen-bond acceptors (Lipinski definition) is 38. The van der Waals surface area contributed by atoms with Crippen LogP contribution in [-0.2, 0) is 76.3 Å². The molecule has 0 bridgehead atoms. The standard InChI is InChI=1S/C15H24N2O5.C13H17N5O.2C13H22N2O4.C13H21NO4.C7H8FN3O3S.C7H9N3O3S.C5H10O2/c1-8-15(3,4)12(20)6-13(21)17(8)14-5-10(16-9(2)19)11(7-18)22-14;1-8-15-12(17(2)3)11-13(16-8)18(7-14-11)9-4-5-10(19)6-9;2*1-7-13(2,3)10(17)5-11(18)15(7)12-4-8(14)9(6-16)19-12;1-8-13(2,3)10(16)6-11(17)14(8)12-5-4-9(7-15)18-12;8-3-1-11(6(12)10-5(3)9)4-2-15-7(13)14-4;8-4-1-2-10(6(11)9-4)5-3-14-7(12)13-5;1-4-2-5(6)7-3-4/h8,10-11,14,18H,5-7H2,1-4H3,(H,16,19);4-5,7,9-10,19H,6H2,1-3H3;2*7-9,12,16H,4-6,14H2,1-3H3;8-9,12,15H,4-7H2,1-3H3;1,4,7,13H,2H2,(H2,9,10,12);1-2,5,7,12H,3H2,(H2,8,9,11);4-6H,2-3H2,1H3. The molecule has 47 heteroatoms. The molecule has 742 valence electrons. The van der Waals surface area contributed by atoms with Gasteiger partial charge in [-0.2, -0.15) is 9.97 Å². The van der Waals surface area contributed by atoms with Gasteiger partial charge in [0.15, 0.2) is 47.4 Å². The van der Waals surface area contributed by atoms with Crippen LogP contribution in [0.3, 0.4) is 0 Å². The van der Waals surface area contributed by atoms with Crippen LogP contribution < -0.4 is 44.5 Å². The number of nitrogens with zero attached hydrogens (tertiary/aromatic N) is 13. The highest BCUT2D eigenvalue weighted by Crippen LogP contribution is 2.43. The molecule has 0 saturated carbocycles. The van der Waals surface area contributed by atoms with Gasteiger partial charge in [-0.25, -0.2) is 28.9 Å². The van der Waals surface area contributed by atoms with Gasteiger partial charge in [0.1, 0.15) is 65.8 Å². The number of ketones is 4. The van der Waals surface area contributed by atoms with Gasteiger partial charge in [0.05, 0.1) is 108 Å². The number of ether oxygens (including phenoxy) is 7. The van der Waals surface area contributed by atoms with Gasteiger partial charge in [0.2, 0.25) is 40.8 Å². The molecule has 11 saturated heterocycles. The summed E-state index contributed by atoms with van der Waals surface area (Å²) in [6.07, 6.45) is 6.68. The quantitative estimate of drug-likeness (QED) is 0.0622. The molecule has 4 aromatic rings. The highest BCUT2D eigenvalue weighted by Gasteiger charge is 2.55. The Morgan fingerprint density at radius 3 is 1.36 bits per heavy atom. The number of halogens is 1. The number of amides is 5. The van der Waals surface area contributed by atoms with Crippen LogP contribution in [0, 0.1) is 40.3 Å². The molecule has 23 unspecified atom stereocenters. The second-order valence-electron chi connectivity index (χ2n) is 37.3. The average molecular weight is 1920 g/mol. The number of carbonyl (C=O) groups excluding carboxylic acids is 9. The maximum atomic E-state index is 13.0. The molecule has 5 amide bonds. The third-order valence-electron chi connectivity index (χ3n) is 26.6. The Balaban J connectivity index is 0.000000173. The zero-order valence-corrected chi connectivity index (χ0v) is 79.8. The van der Waals surface area contributed by atoms with Gasteiger partial charge >= 0.3 is 11.4 Å². The maximum absolute atomic E-state index is 13.0. The van der Waals surface area contributed by atoms with E-state index in [1.54, 1.807) is 25.9 Å². The molecule has 44 nitrogen and oxygen atoms in total. The van der Waals surface area contributed by atoms with E-state index in [9.17, 15) is 67.3 Å². The molecule has 11 fully saturated rings. The summed E-state index contributed by atoms with van der Waals surface area (Å²) in [5.74, 6) is 0.704. The minimum Gasteiger partial charge on any atom is -0.394 e. The maximum Gasteiger partial charge on any atom is 0.351 e. The van der Waals surface area contributed by atoms with Crippen molar-refractivity contribution >= 4 is 105 Å². The number of nitrogens with one attached hydrogen (secondary N) is 1. The molecule has 15 heterocycles. The number of fused-ring (bicyclic) bond motifs is 1. The number of likely N-dealkylation sites (tertiary alicyclic amines) is 4. The first kappa shape index (κ1) is 108. The predicted molar refractivity (Wildman–Crippen MR) is 480 cm³/mol. The van der Waals surface area contributed by atoms with E-state index in [2.05, 4.69) is 37.2 Å². The number of nitrogens with two attached hydrogens (primary N) is 4. The van der Waals surface area contributed by atoms with Crippen molar-refractivity contribution in [2.24, 2.45) is 39.0 Å². The van der Waals surface area contributed by atoms with Gasteiger partial charge in [0.25, 0.3) is 0 Å². The highest BCUT2D eigenvalue weighted by atomic mass is 32.2. The third-order valence-corrected chi connectivity index (χ3v) is 28.4. The number of allylic oxidation sites excluding steroid dienone is 1. The molecule has 12 aliphatic rings. The van der Waals surface area contributed by atoms with E-state index in [0.29, 0.717) is 43.1 Å². The number of aromatic nitrogens is 8. The summed E-state index contributed by atoms with van der Waals surface area (Å²) in [7, 11) is 3.89. The predicted octanol–water partition coefficient (Wildman–Crippen LogP) is 0.0783. The molecule has 4 aromatic heterocycles. The minimum absolute atomic E-state index is 0.00652. The van der Waals surface area contributed by atoms with Crippen molar-refractivity contribution in [2.45, 2.75) is 308 Å². The monoisotopic (exact) mass is 1920 g/mol. The Kier molecular flexibility index (Phi) is 37.1. The lowest BCUT2D eigenvalue weighted by molar-refractivity contribution is -0.170. The smallest absolute Gasteiger partial charge is 0.351 e. The summed E-state index contributed by atoms with van der Waals surface area (Å²) >= 11 is 2.34. The van der Waals surface area contributed by atoms with Crippen molar-refractivity contribution < 1.29 is 122 Å². The largest absolute Gasteiger partial charge is 0.394 e. The molecule has 23 atom stereocenters. The first-order valence-electron chi connectivity index (χ1n) is 44.3. The van der Waals surface area contributed by atoms with Crippen LogP contribution in [0.1, 0.15) is 192 Å². The summed E-state index contributed by atoms with van der Waals surface area (Å²) in [5.41, 5.74) is 18.5. The number of thioether (sulfide) groups is 2. The Morgan fingerprint density at radius 1 is 0.549 bits per heavy atom. The number of imidazole rings is 1. The van der Waals surface area contributed by atoms with Crippen molar-refractivity contribution in [3.63, 3.8) is 0 Å². The fourth-order valence-corrected chi connectivity index (χ4v) is 18.5. The van der Waals surface area contributed by atoms with E-state index in [1.807, 2.05) is 126 Å². The number of aryl methyl sites for hydroxylation is 1. The first-order valence-corrected chi connectivity index (χ1v) is 46.4. The molecule has 133 heavy (non-hydrogen) atoms. The van der Waals surface area contributed by atoms with Crippen LogP contribution in [0.2, 0.25) is 0 Å². The third kappa shape index (κ3) is 25.6. The number of nitrogen functional groups attached to an aromatic ring is 2. The topological polar surface area (TPSA) is 626 Å². The average Bonchev–Trinajstić information content (AvgIpc) is 1.77. The number of carbonyl (C=O) groups is 9. The number of hydrogen-bond donors (Lipinski definition) is 13. The highest BCUT2D eigenvalue weighted by molar-refractivity contribution is 8.00. The minimum atomic E-state index is -0.998. The number of piperidine rings is 4. The van der Waals surface area contributed by atoms with E-state index in [0.717, 1.165) is 71.2 Å². The zero-order chi connectivity index (χ0) is 98.9. The van der Waals surface area contributed by atoms with Gasteiger partial charge in [-0.1, -0.05) is 98.0 Å². The Labute approximate surface area is 778 Å². The molecule has 0 aromatic carbocycles. The van der Waals surface area contributed by atoms with Gasteiger partial charge in [-0.15, -0.1) is 0 Å². The summed E-state index contributed by atoms with van der Waals surface area (Å²) in [5, 5.41) is 76.0. The van der Waals surface area contributed by atoms with E-state index in [1.165, 1.54) is 35.5 Å². The molecule has 0 radical (unpaired) electrons. The van der Waals surface area contributed by atoms with E-state index in [4.69, 9.17) is 86.7 Å². The first-order chi connectivity index (χ1) is 62.2. The van der Waals surface area contributed by atoms with Gasteiger partial charge < -0.3 is 131 Å². The van der Waals surface area contributed by atoms with Crippen molar-refractivity contribution in [3.8, 4) is 0 Å². The molecular weight excluding hydrogens is 1780 g/mol. The van der Waals surface area contributed by atoms with Gasteiger partial charge in [0, 0.05) is 129 Å². The molecule has 0 spiro atoms.